The van der Waals surface area contributed by atoms with E-state index in [1.165, 1.54) is 36.4 Å². The molecule has 0 spiro atoms. The highest BCUT2D eigenvalue weighted by Gasteiger charge is 2.50. The summed E-state index contributed by atoms with van der Waals surface area (Å²) in [6.45, 7) is 2.23. The first-order valence-electron chi connectivity index (χ1n) is 9.77. The van der Waals surface area contributed by atoms with E-state index in [0.29, 0.717) is 5.75 Å². The van der Waals surface area contributed by atoms with Gasteiger partial charge in [0.15, 0.2) is 0 Å². The summed E-state index contributed by atoms with van der Waals surface area (Å²) in [5.41, 5.74) is 0.841. The van der Waals surface area contributed by atoms with E-state index >= 15 is 0 Å². The predicted molar refractivity (Wildman–Crippen MR) is 109 cm³/mol. The van der Waals surface area contributed by atoms with Gasteiger partial charge in [0.25, 0.3) is 0 Å². The third-order valence-electron chi connectivity index (χ3n) is 5.92. The van der Waals surface area contributed by atoms with Gasteiger partial charge in [-0.1, -0.05) is 30.3 Å². The molecule has 1 heterocycles. The first-order chi connectivity index (χ1) is 14.4. The van der Waals surface area contributed by atoms with E-state index in [4.69, 9.17) is 4.74 Å². The van der Waals surface area contributed by atoms with Gasteiger partial charge in [-0.05, 0) is 61.5 Å². The molecular formula is C24H23F3N2O. The first-order valence-corrected chi connectivity index (χ1v) is 9.77. The van der Waals surface area contributed by atoms with E-state index in [-0.39, 0.29) is 36.3 Å². The van der Waals surface area contributed by atoms with Gasteiger partial charge >= 0.3 is 0 Å². The molecule has 0 aromatic heterocycles. The van der Waals surface area contributed by atoms with Crippen molar-refractivity contribution in [3.8, 4) is 5.75 Å². The lowest BCUT2D eigenvalue weighted by Crippen LogP contribution is -2.44. The zero-order chi connectivity index (χ0) is 21.3. The highest BCUT2D eigenvalue weighted by molar-refractivity contribution is 5.35. The van der Waals surface area contributed by atoms with Gasteiger partial charge in [-0.2, -0.15) is 0 Å². The van der Waals surface area contributed by atoms with Crippen molar-refractivity contribution in [3.05, 3.63) is 101 Å². The van der Waals surface area contributed by atoms with Crippen LogP contribution in [0.4, 0.5) is 13.2 Å². The van der Waals surface area contributed by atoms with Crippen LogP contribution < -0.4 is 10.1 Å². The van der Waals surface area contributed by atoms with E-state index in [2.05, 4.69) is 10.2 Å². The second-order valence-electron chi connectivity index (χ2n) is 7.71. The summed E-state index contributed by atoms with van der Waals surface area (Å²) in [5, 5.41) is 3.50. The van der Waals surface area contributed by atoms with Crippen LogP contribution in [0.25, 0.3) is 0 Å². The third kappa shape index (κ3) is 3.80. The molecule has 0 bridgehead atoms. The molecule has 30 heavy (non-hydrogen) atoms. The van der Waals surface area contributed by atoms with Gasteiger partial charge in [0.05, 0.1) is 17.7 Å². The summed E-state index contributed by atoms with van der Waals surface area (Å²) in [6, 6.07) is 18.5. The fraction of sp³-hybridized carbons (Fsp3) is 0.250. The molecule has 3 aromatic rings. The Morgan fingerprint density at radius 3 is 2.20 bits per heavy atom. The summed E-state index contributed by atoms with van der Waals surface area (Å²) in [4.78, 5) is 2.05. The predicted octanol–water partition coefficient (Wildman–Crippen LogP) is 5.00. The number of likely N-dealkylation sites (N-methyl/N-ethyl adjacent to an activating group) is 1. The van der Waals surface area contributed by atoms with E-state index in [1.54, 1.807) is 24.3 Å². The Kier molecular flexibility index (Phi) is 5.54. The Morgan fingerprint density at radius 2 is 1.53 bits per heavy atom. The number of benzene rings is 3. The quantitative estimate of drug-likeness (QED) is 0.638. The van der Waals surface area contributed by atoms with Crippen LogP contribution >= 0.6 is 0 Å². The number of hydrogen-bond donors (Lipinski definition) is 1. The fourth-order valence-corrected chi connectivity index (χ4v) is 4.17. The largest absolute Gasteiger partial charge is 0.490 e. The highest BCUT2D eigenvalue weighted by atomic mass is 19.1. The molecule has 3 atom stereocenters. The molecule has 3 nitrogen and oxygen atoms in total. The van der Waals surface area contributed by atoms with Crippen molar-refractivity contribution in [2.45, 2.75) is 24.7 Å². The molecule has 4 rings (SSSR count). The SMILES string of the molecule is CN1[C@H](COc2cccc(F)c2)NC(c2cccc(F)c2)[C@]1(C)c1cccc(F)c1. The Labute approximate surface area is 174 Å². The van der Waals surface area contributed by atoms with Crippen LogP contribution in [0.2, 0.25) is 0 Å². The molecule has 0 aliphatic carbocycles. The van der Waals surface area contributed by atoms with Gasteiger partial charge in [0.1, 0.15) is 29.8 Å². The van der Waals surface area contributed by atoms with Gasteiger partial charge in [-0.15, -0.1) is 0 Å². The van der Waals surface area contributed by atoms with Crippen LogP contribution in [0, 0.1) is 17.5 Å². The molecule has 0 amide bonds. The zero-order valence-corrected chi connectivity index (χ0v) is 16.8. The molecular weight excluding hydrogens is 389 g/mol. The standard InChI is InChI=1S/C24H23F3N2O/c1-24(17-7-4-9-19(26)13-17)23(16-6-3-8-18(25)12-16)28-22(29(24)2)15-30-21-11-5-10-20(27)14-21/h3-14,22-23,28H,15H2,1-2H3/t22-,23?,24+/m1/s1. The van der Waals surface area contributed by atoms with Crippen LogP contribution in [0.5, 0.6) is 5.75 Å². The molecule has 1 aliphatic rings. The molecule has 1 aliphatic heterocycles. The van der Waals surface area contributed by atoms with Crippen LogP contribution in [-0.4, -0.2) is 24.7 Å². The molecule has 6 heteroatoms. The molecule has 3 aromatic carbocycles. The van der Waals surface area contributed by atoms with Gasteiger partial charge < -0.3 is 4.74 Å². The summed E-state index contributed by atoms with van der Waals surface area (Å²) in [7, 11) is 1.91. The third-order valence-corrected chi connectivity index (χ3v) is 5.92. The number of rotatable bonds is 5. The lowest BCUT2D eigenvalue weighted by Gasteiger charge is -2.38. The maximum atomic E-state index is 14.1. The molecule has 1 saturated heterocycles. The van der Waals surface area contributed by atoms with Gasteiger partial charge in [0.2, 0.25) is 0 Å². The lowest BCUT2D eigenvalue weighted by molar-refractivity contribution is 0.106. The minimum absolute atomic E-state index is 0.233. The number of hydrogen-bond acceptors (Lipinski definition) is 3. The topological polar surface area (TPSA) is 24.5 Å². The number of nitrogens with zero attached hydrogens (tertiary/aromatic N) is 1. The van der Waals surface area contributed by atoms with Gasteiger partial charge in [-0.25, -0.2) is 13.2 Å². The number of nitrogens with one attached hydrogen (secondary N) is 1. The van der Waals surface area contributed by atoms with Crippen molar-refractivity contribution < 1.29 is 17.9 Å². The summed E-state index contributed by atoms with van der Waals surface area (Å²) in [5.74, 6) is -0.619. The van der Waals surface area contributed by atoms with Crippen molar-refractivity contribution in [1.29, 1.82) is 0 Å². The lowest BCUT2D eigenvalue weighted by atomic mass is 9.81. The average Bonchev–Trinajstić information content (AvgIpc) is 2.98. The van der Waals surface area contributed by atoms with Crippen molar-refractivity contribution in [2.24, 2.45) is 0 Å². The second kappa shape index (κ2) is 8.13. The maximum absolute atomic E-state index is 14.1. The molecule has 0 saturated carbocycles. The van der Waals surface area contributed by atoms with Crippen molar-refractivity contribution in [3.63, 3.8) is 0 Å². The molecule has 1 fully saturated rings. The molecule has 1 unspecified atom stereocenters. The zero-order valence-electron chi connectivity index (χ0n) is 16.8. The summed E-state index contributed by atoms with van der Waals surface area (Å²) < 4.78 is 47.3. The van der Waals surface area contributed by atoms with Crippen LogP contribution in [0.15, 0.2) is 72.8 Å². The number of ether oxygens (including phenoxy) is 1. The van der Waals surface area contributed by atoms with Crippen molar-refractivity contribution in [2.75, 3.05) is 13.7 Å². The maximum Gasteiger partial charge on any atom is 0.126 e. The van der Waals surface area contributed by atoms with Gasteiger partial charge in [-0.3, -0.25) is 10.2 Å². The summed E-state index contributed by atoms with van der Waals surface area (Å²) in [6.07, 6.45) is -0.269. The Hall–Kier alpha value is -2.83. The van der Waals surface area contributed by atoms with E-state index in [0.717, 1.165) is 11.1 Å². The van der Waals surface area contributed by atoms with E-state index in [1.807, 2.05) is 26.1 Å². The van der Waals surface area contributed by atoms with Gasteiger partial charge in [0, 0.05) is 6.07 Å². The van der Waals surface area contributed by atoms with Crippen LogP contribution in [0.3, 0.4) is 0 Å². The highest BCUT2D eigenvalue weighted by Crippen LogP contribution is 2.45. The Balaban J connectivity index is 1.68. The molecule has 156 valence electrons. The number of halogens is 3. The minimum atomic E-state index is -0.675. The Bertz CT molecular complexity index is 1040. The molecule has 1 N–H and O–H groups in total. The van der Waals surface area contributed by atoms with Crippen LogP contribution in [-0.2, 0) is 5.54 Å². The van der Waals surface area contributed by atoms with Crippen molar-refractivity contribution >= 4 is 0 Å². The second-order valence-corrected chi connectivity index (χ2v) is 7.71. The normalized spacial score (nSPS) is 24.2. The first kappa shape index (κ1) is 20.4. The Morgan fingerprint density at radius 1 is 0.900 bits per heavy atom. The average molecular weight is 412 g/mol. The van der Waals surface area contributed by atoms with Crippen LogP contribution in [0.1, 0.15) is 24.1 Å². The van der Waals surface area contributed by atoms with E-state index < -0.39 is 5.54 Å². The molecule has 0 radical (unpaired) electrons. The van der Waals surface area contributed by atoms with E-state index in [9.17, 15) is 13.2 Å². The monoisotopic (exact) mass is 412 g/mol. The smallest absolute Gasteiger partial charge is 0.126 e. The summed E-state index contributed by atoms with van der Waals surface area (Å²) >= 11 is 0. The van der Waals surface area contributed by atoms with Crippen molar-refractivity contribution in [1.82, 2.24) is 10.2 Å². The minimum Gasteiger partial charge on any atom is -0.490 e. The fourth-order valence-electron chi connectivity index (χ4n) is 4.17.